The van der Waals surface area contributed by atoms with Gasteiger partial charge in [-0.1, -0.05) is 36.0 Å². The fourth-order valence-corrected chi connectivity index (χ4v) is 5.41. The summed E-state index contributed by atoms with van der Waals surface area (Å²) in [5.41, 5.74) is 6.30. The van der Waals surface area contributed by atoms with Crippen molar-refractivity contribution < 1.29 is 9.59 Å². The summed E-state index contributed by atoms with van der Waals surface area (Å²) in [6.45, 7) is 3.78. The van der Waals surface area contributed by atoms with Crippen molar-refractivity contribution in [3.05, 3.63) is 76.0 Å². The largest absolute Gasteiger partial charge is 0.322 e. The highest BCUT2D eigenvalue weighted by Gasteiger charge is 2.10. The van der Waals surface area contributed by atoms with Crippen molar-refractivity contribution in [3.8, 4) is 0 Å². The molecule has 2 heterocycles. The predicted octanol–water partition coefficient (Wildman–Crippen LogP) is 5.55. The van der Waals surface area contributed by atoms with E-state index >= 15 is 0 Å². The van der Waals surface area contributed by atoms with E-state index in [-0.39, 0.29) is 17.6 Å². The first-order chi connectivity index (χ1) is 15.5. The van der Waals surface area contributed by atoms with Crippen molar-refractivity contribution in [3.63, 3.8) is 0 Å². The van der Waals surface area contributed by atoms with Gasteiger partial charge in [-0.2, -0.15) is 5.10 Å². The van der Waals surface area contributed by atoms with Crippen LogP contribution in [0.25, 0.3) is 10.2 Å². The summed E-state index contributed by atoms with van der Waals surface area (Å²) in [5.74, 6) is -0.126. The number of hydrazone groups is 1. The molecule has 2 amide bonds. The molecule has 0 atom stereocenters. The maximum absolute atomic E-state index is 12.4. The number of aromatic nitrogens is 1. The number of anilines is 1. The monoisotopic (exact) mass is 480 g/mol. The van der Waals surface area contributed by atoms with Gasteiger partial charge in [0.05, 0.1) is 27.2 Å². The minimum absolute atomic E-state index is 0.152. The fraction of sp³-hybridized carbons (Fsp3) is 0.130. The van der Waals surface area contributed by atoms with Crippen LogP contribution in [0.15, 0.2) is 69.4 Å². The quantitative estimate of drug-likeness (QED) is 0.206. The number of thiazole rings is 1. The second-order valence-electron chi connectivity index (χ2n) is 6.95. The Morgan fingerprint density at radius 3 is 2.72 bits per heavy atom. The van der Waals surface area contributed by atoms with Gasteiger partial charge in [0, 0.05) is 15.9 Å². The molecule has 0 bridgehead atoms. The van der Waals surface area contributed by atoms with Crippen LogP contribution in [0.3, 0.4) is 0 Å². The SMILES string of the molecule is C/C(=N\NC(=O)CSc1nc2ccccc2s1)c1cccc(NC(=O)c2csc(C)c2)c1. The van der Waals surface area contributed by atoms with Gasteiger partial charge in [-0.15, -0.1) is 22.7 Å². The number of carbonyl (C=O) groups is 2. The van der Waals surface area contributed by atoms with Gasteiger partial charge in [0.2, 0.25) is 0 Å². The summed E-state index contributed by atoms with van der Waals surface area (Å²) in [6, 6.07) is 17.1. The molecule has 0 aliphatic carbocycles. The Balaban J connectivity index is 1.33. The molecule has 0 saturated carbocycles. The molecular formula is C23H20N4O2S3. The molecule has 0 fully saturated rings. The molecule has 4 rings (SSSR count). The van der Waals surface area contributed by atoms with Gasteiger partial charge in [-0.05, 0) is 49.7 Å². The average molecular weight is 481 g/mol. The second kappa shape index (κ2) is 10.1. The topological polar surface area (TPSA) is 83.4 Å². The summed E-state index contributed by atoms with van der Waals surface area (Å²) in [4.78, 5) is 30.2. The Morgan fingerprint density at radius 1 is 1.09 bits per heavy atom. The average Bonchev–Trinajstić information content (AvgIpc) is 3.42. The predicted molar refractivity (Wildman–Crippen MR) is 134 cm³/mol. The minimum atomic E-state index is -0.203. The number of amides is 2. The van der Waals surface area contributed by atoms with Crippen molar-refractivity contribution >= 4 is 67.9 Å². The normalized spacial score (nSPS) is 11.5. The summed E-state index contributed by atoms with van der Waals surface area (Å²) in [6.07, 6.45) is 0. The second-order valence-corrected chi connectivity index (χ2v) is 10.3. The fourth-order valence-electron chi connectivity index (χ4n) is 2.87. The van der Waals surface area contributed by atoms with E-state index in [1.165, 1.54) is 23.1 Å². The molecule has 32 heavy (non-hydrogen) atoms. The molecule has 2 aromatic heterocycles. The third-order valence-corrected chi connectivity index (χ3v) is 7.52. The first-order valence-electron chi connectivity index (χ1n) is 9.76. The Hall–Kier alpha value is -3.01. The number of fused-ring (bicyclic) bond motifs is 1. The van der Waals surface area contributed by atoms with E-state index in [0.29, 0.717) is 17.0 Å². The molecule has 2 N–H and O–H groups in total. The first-order valence-corrected chi connectivity index (χ1v) is 12.4. The number of hydrogen-bond donors (Lipinski definition) is 2. The molecular weight excluding hydrogens is 460 g/mol. The van der Waals surface area contributed by atoms with Gasteiger partial charge in [-0.25, -0.2) is 10.4 Å². The molecule has 162 valence electrons. The molecule has 0 radical (unpaired) electrons. The van der Waals surface area contributed by atoms with Crippen molar-refractivity contribution in [2.45, 2.75) is 18.2 Å². The number of para-hydroxylation sites is 1. The highest BCUT2D eigenvalue weighted by Crippen LogP contribution is 2.29. The molecule has 9 heteroatoms. The molecule has 0 unspecified atom stereocenters. The van der Waals surface area contributed by atoms with Crippen LogP contribution in [-0.2, 0) is 4.79 Å². The summed E-state index contributed by atoms with van der Waals surface area (Å²) >= 11 is 4.50. The zero-order chi connectivity index (χ0) is 22.5. The summed E-state index contributed by atoms with van der Waals surface area (Å²) in [7, 11) is 0. The van der Waals surface area contributed by atoms with Gasteiger partial charge in [0.25, 0.3) is 11.8 Å². The Labute approximate surface area is 197 Å². The number of rotatable bonds is 7. The highest BCUT2D eigenvalue weighted by atomic mass is 32.2. The number of hydrogen-bond acceptors (Lipinski definition) is 7. The van der Waals surface area contributed by atoms with Gasteiger partial charge in [0.1, 0.15) is 0 Å². The van der Waals surface area contributed by atoms with Crippen LogP contribution in [0, 0.1) is 6.92 Å². The molecule has 0 aliphatic heterocycles. The van der Waals surface area contributed by atoms with Crippen LogP contribution in [0.2, 0.25) is 0 Å². The maximum atomic E-state index is 12.4. The van der Waals surface area contributed by atoms with E-state index in [1.54, 1.807) is 11.3 Å². The molecule has 0 saturated heterocycles. The molecule has 0 aliphatic rings. The van der Waals surface area contributed by atoms with Crippen LogP contribution in [-0.4, -0.2) is 28.3 Å². The molecule has 2 aromatic carbocycles. The maximum Gasteiger partial charge on any atom is 0.256 e. The highest BCUT2D eigenvalue weighted by molar-refractivity contribution is 8.01. The van der Waals surface area contributed by atoms with E-state index in [1.807, 2.05) is 73.8 Å². The lowest BCUT2D eigenvalue weighted by Crippen LogP contribution is -2.21. The summed E-state index contributed by atoms with van der Waals surface area (Å²) in [5, 5.41) is 8.94. The van der Waals surface area contributed by atoms with Crippen LogP contribution in [0.1, 0.15) is 27.7 Å². The van der Waals surface area contributed by atoms with Crippen LogP contribution in [0.4, 0.5) is 5.69 Å². The smallest absolute Gasteiger partial charge is 0.256 e. The number of thiophene rings is 1. The van der Waals surface area contributed by atoms with E-state index < -0.39 is 0 Å². The number of benzene rings is 2. The van der Waals surface area contributed by atoms with Crippen molar-refractivity contribution in [1.29, 1.82) is 0 Å². The third kappa shape index (κ3) is 5.61. The van der Waals surface area contributed by atoms with Crippen LogP contribution >= 0.6 is 34.4 Å². The van der Waals surface area contributed by atoms with E-state index in [2.05, 4.69) is 20.8 Å². The van der Waals surface area contributed by atoms with Gasteiger partial charge in [0.15, 0.2) is 4.34 Å². The number of carbonyl (C=O) groups excluding carboxylic acids is 2. The Morgan fingerprint density at radius 2 is 1.94 bits per heavy atom. The zero-order valence-electron chi connectivity index (χ0n) is 17.4. The number of aryl methyl sites for hydroxylation is 1. The molecule has 4 aromatic rings. The molecule has 6 nitrogen and oxygen atoms in total. The van der Waals surface area contributed by atoms with Crippen LogP contribution in [0.5, 0.6) is 0 Å². The van der Waals surface area contributed by atoms with Gasteiger partial charge < -0.3 is 5.32 Å². The lowest BCUT2D eigenvalue weighted by molar-refractivity contribution is -0.118. The van der Waals surface area contributed by atoms with Crippen molar-refractivity contribution in [2.75, 3.05) is 11.1 Å². The first kappa shape index (κ1) is 22.2. The van der Waals surface area contributed by atoms with Crippen LogP contribution < -0.4 is 10.7 Å². The third-order valence-electron chi connectivity index (χ3n) is 4.48. The summed E-state index contributed by atoms with van der Waals surface area (Å²) < 4.78 is 1.96. The Bertz CT molecular complexity index is 1280. The van der Waals surface area contributed by atoms with E-state index in [9.17, 15) is 9.59 Å². The number of nitrogens with zero attached hydrogens (tertiary/aromatic N) is 2. The van der Waals surface area contributed by atoms with E-state index in [4.69, 9.17) is 0 Å². The number of nitrogens with one attached hydrogen (secondary N) is 2. The molecule has 0 spiro atoms. The lowest BCUT2D eigenvalue weighted by Gasteiger charge is -2.07. The van der Waals surface area contributed by atoms with Gasteiger partial charge in [-0.3, -0.25) is 9.59 Å². The Kier molecular flexibility index (Phi) is 6.99. The van der Waals surface area contributed by atoms with Gasteiger partial charge >= 0.3 is 0 Å². The van der Waals surface area contributed by atoms with Crippen molar-refractivity contribution in [2.24, 2.45) is 5.10 Å². The standard InChI is InChI=1S/C23H20N4O2S3/c1-14-10-17(12-30-14)22(29)24-18-7-5-6-16(11-18)15(2)26-27-21(28)13-31-23-25-19-8-3-4-9-20(19)32-23/h3-12H,13H2,1-2H3,(H,24,29)(H,27,28)/b26-15+. The van der Waals surface area contributed by atoms with E-state index in [0.717, 1.165) is 25.0 Å². The lowest BCUT2D eigenvalue weighted by atomic mass is 10.1. The number of thioether (sulfide) groups is 1. The minimum Gasteiger partial charge on any atom is -0.322 e. The van der Waals surface area contributed by atoms with Crippen molar-refractivity contribution in [1.82, 2.24) is 10.4 Å². The zero-order valence-corrected chi connectivity index (χ0v) is 19.9.